The molecule has 1 rings (SSSR count). The minimum Gasteiger partial charge on any atom is -0.480 e. The fourth-order valence-electron chi connectivity index (χ4n) is 2.58. The highest BCUT2D eigenvalue weighted by atomic mass is 16.4. The Labute approximate surface area is 115 Å². The van der Waals surface area contributed by atoms with Crippen LogP contribution in [0, 0.1) is 16.7 Å². The Morgan fingerprint density at radius 1 is 1.16 bits per heavy atom. The van der Waals surface area contributed by atoms with E-state index in [2.05, 4.69) is 38.3 Å². The molecule has 0 aromatic rings. The molecule has 19 heavy (non-hydrogen) atoms. The van der Waals surface area contributed by atoms with E-state index in [1.54, 1.807) is 0 Å². The van der Waals surface area contributed by atoms with Crippen molar-refractivity contribution < 1.29 is 14.7 Å². The van der Waals surface area contributed by atoms with Gasteiger partial charge in [-0.3, -0.25) is 0 Å². The number of nitrogens with one attached hydrogen (secondary N) is 2. The molecule has 5 nitrogen and oxygen atoms in total. The van der Waals surface area contributed by atoms with Crippen LogP contribution in [0.4, 0.5) is 4.79 Å². The molecule has 1 aliphatic carbocycles. The van der Waals surface area contributed by atoms with E-state index < -0.39 is 18.0 Å². The van der Waals surface area contributed by atoms with Crippen molar-refractivity contribution in [1.82, 2.24) is 10.6 Å². The van der Waals surface area contributed by atoms with Crippen molar-refractivity contribution in [1.29, 1.82) is 0 Å². The summed E-state index contributed by atoms with van der Waals surface area (Å²) in [6.45, 7) is 12.3. The molecule has 1 atom stereocenters. The first-order valence-electron chi connectivity index (χ1n) is 6.80. The van der Waals surface area contributed by atoms with E-state index in [0.717, 1.165) is 0 Å². The maximum atomic E-state index is 11.9. The van der Waals surface area contributed by atoms with Gasteiger partial charge in [0.05, 0.1) is 0 Å². The number of aliphatic carboxylic acids is 1. The average molecular weight is 270 g/mol. The van der Waals surface area contributed by atoms with Gasteiger partial charge in [0, 0.05) is 6.04 Å². The van der Waals surface area contributed by atoms with Crippen molar-refractivity contribution >= 4 is 12.0 Å². The molecule has 1 aliphatic rings. The second kappa shape index (κ2) is 5.02. The fourth-order valence-corrected chi connectivity index (χ4v) is 2.58. The lowest BCUT2D eigenvalue weighted by Gasteiger charge is -2.17. The lowest BCUT2D eigenvalue weighted by molar-refractivity contribution is -0.139. The van der Waals surface area contributed by atoms with E-state index in [0.29, 0.717) is 6.42 Å². The van der Waals surface area contributed by atoms with Gasteiger partial charge in [0.15, 0.2) is 0 Å². The minimum absolute atomic E-state index is 0.0428. The Morgan fingerprint density at radius 3 is 1.95 bits per heavy atom. The first kappa shape index (κ1) is 15.8. The van der Waals surface area contributed by atoms with Crippen molar-refractivity contribution in [3.8, 4) is 0 Å². The lowest BCUT2D eigenvalue weighted by Crippen LogP contribution is -2.48. The smallest absolute Gasteiger partial charge is 0.326 e. The molecule has 0 spiro atoms. The first-order chi connectivity index (χ1) is 8.50. The van der Waals surface area contributed by atoms with Crippen molar-refractivity contribution in [3.63, 3.8) is 0 Å². The van der Waals surface area contributed by atoms with E-state index in [1.807, 2.05) is 13.8 Å². The molecule has 0 aromatic carbocycles. The summed E-state index contributed by atoms with van der Waals surface area (Å²) in [6, 6.07) is -1.14. The number of rotatable bonds is 5. The van der Waals surface area contributed by atoms with Crippen molar-refractivity contribution in [2.45, 2.75) is 60.0 Å². The van der Waals surface area contributed by atoms with Gasteiger partial charge in [0.1, 0.15) is 6.04 Å². The van der Waals surface area contributed by atoms with Crippen molar-refractivity contribution in [2.75, 3.05) is 0 Å². The predicted octanol–water partition coefficient (Wildman–Crippen LogP) is 2.22. The van der Waals surface area contributed by atoms with E-state index in [4.69, 9.17) is 5.11 Å². The van der Waals surface area contributed by atoms with Crippen LogP contribution in [0.15, 0.2) is 0 Å². The molecule has 5 heteroatoms. The Hall–Kier alpha value is -1.26. The Bertz CT molecular complexity index is 361. The van der Waals surface area contributed by atoms with Gasteiger partial charge < -0.3 is 15.7 Å². The van der Waals surface area contributed by atoms with Gasteiger partial charge in [-0.05, 0) is 23.2 Å². The number of amides is 2. The maximum Gasteiger partial charge on any atom is 0.326 e. The van der Waals surface area contributed by atoms with E-state index in [-0.39, 0.29) is 22.8 Å². The van der Waals surface area contributed by atoms with Gasteiger partial charge in [-0.25, -0.2) is 9.59 Å². The monoisotopic (exact) mass is 270 g/mol. The summed E-state index contributed by atoms with van der Waals surface area (Å²) in [6.07, 6.45) is 0.431. The van der Waals surface area contributed by atoms with Crippen LogP contribution in [0.3, 0.4) is 0 Å². The number of carbonyl (C=O) groups is 2. The van der Waals surface area contributed by atoms with Gasteiger partial charge in [0.2, 0.25) is 0 Å². The Morgan fingerprint density at radius 2 is 1.63 bits per heavy atom. The Balaban J connectivity index is 2.53. The number of carboxylic acids is 1. The molecule has 0 saturated heterocycles. The van der Waals surface area contributed by atoms with Gasteiger partial charge in [-0.15, -0.1) is 0 Å². The van der Waals surface area contributed by atoms with Gasteiger partial charge in [-0.1, -0.05) is 41.5 Å². The average Bonchev–Trinajstić information content (AvgIpc) is 2.59. The van der Waals surface area contributed by atoms with Crippen LogP contribution in [0.2, 0.25) is 0 Å². The molecule has 0 heterocycles. The van der Waals surface area contributed by atoms with Crippen LogP contribution < -0.4 is 10.6 Å². The van der Waals surface area contributed by atoms with Gasteiger partial charge in [-0.2, -0.15) is 0 Å². The molecule has 2 amide bonds. The molecule has 0 radical (unpaired) electrons. The molecule has 1 unspecified atom stereocenters. The largest absolute Gasteiger partial charge is 0.480 e. The lowest BCUT2D eigenvalue weighted by atomic mass is 10.0. The predicted molar refractivity (Wildman–Crippen MR) is 73.9 cm³/mol. The zero-order chi connectivity index (χ0) is 15.0. The van der Waals surface area contributed by atoms with Gasteiger partial charge in [0.25, 0.3) is 0 Å². The molecular weight excluding hydrogens is 244 g/mol. The zero-order valence-corrected chi connectivity index (χ0v) is 12.7. The van der Waals surface area contributed by atoms with E-state index in [9.17, 15) is 9.59 Å². The second-order valence-corrected chi connectivity index (χ2v) is 7.01. The van der Waals surface area contributed by atoms with Gasteiger partial charge >= 0.3 is 12.0 Å². The molecule has 1 saturated carbocycles. The zero-order valence-electron chi connectivity index (χ0n) is 12.7. The third-order valence-electron chi connectivity index (χ3n) is 4.61. The van der Waals surface area contributed by atoms with Crippen LogP contribution >= 0.6 is 0 Å². The first-order valence-corrected chi connectivity index (χ1v) is 6.80. The third kappa shape index (κ3) is 3.19. The minimum atomic E-state index is -0.988. The number of carboxylic acid groups (broad SMARTS) is 1. The molecule has 1 fully saturated rings. The third-order valence-corrected chi connectivity index (χ3v) is 4.61. The number of urea groups is 1. The number of carbonyl (C=O) groups excluding carboxylic acids is 1. The van der Waals surface area contributed by atoms with Crippen molar-refractivity contribution in [2.24, 2.45) is 16.7 Å². The summed E-state index contributed by atoms with van der Waals surface area (Å²) >= 11 is 0. The van der Waals surface area contributed by atoms with Crippen LogP contribution in [0.5, 0.6) is 0 Å². The fraction of sp³-hybridized carbons (Fsp3) is 0.857. The van der Waals surface area contributed by atoms with Crippen LogP contribution in [0.25, 0.3) is 0 Å². The van der Waals surface area contributed by atoms with Crippen LogP contribution in [0.1, 0.15) is 48.0 Å². The highest BCUT2D eigenvalue weighted by molar-refractivity contribution is 5.83. The topological polar surface area (TPSA) is 78.4 Å². The normalized spacial score (nSPS) is 21.8. The molecule has 0 aliphatic heterocycles. The second-order valence-electron chi connectivity index (χ2n) is 7.01. The maximum absolute atomic E-state index is 11.9. The molecular formula is C14H26N2O3. The van der Waals surface area contributed by atoms with Crippen LogP contribution in [-0.4, -0.2) is 29.2 Å². The quantitative estimate of drug-likeness (QED) is 0.716. The summed E-state index contributed by atoms with van der Waals surface area (Å²) < 4.78 is 0. The summed E-state index contributed by atoms with van der Waals surface area (Å²) in [5, 5.41) is 14.5. The summed E-state index contributed by atoms with van der Waals surface area (Å²) in [5.74, 6) is -0.770. The molecule has 110 valence electrons. The van der Waals surface area contributed by atoms with Crippen LogP contribution in [-0.2, 0) is 4.79 Å². The SMILES string of the molecule is CC(C)CC(NC(=O)NC1C(C)(C)C1(C)C)C(=O)O. The van der Waals surface area contributed by atoms with Crippen molar-refractivity contribution in [3.05, 3.63) is 0 Å². The van der Waals surface area contributed by atoms with E-state index in [1.165, 1.54) is 0 Å². The summed E-state index contributed by atoms with van der Waals surface area (Å²) in [5.41, 5.74) is 0.0855. The molecule has 0 bridgehead atoms. The number of hydrogen-bond donors (Lipinski definition) is 3. The molecule has 0 aromatic heterocycles. The number of hydrogen-bond acceptors (Lipinski definition) is 2. The Kier molecular flexibility index (Phi) is 4.17. The standard InChI is InChI=1S/C14H26N2O3/c1-8(2)7-9(10(17)18)15-12(19)16-11-13(3,4)14(11,5)6/h8-9,11H,7H2,1-6H3,(H,17,18)(H2,15,16,19). The van der Waals surface area contributed by atoms with E-state index >= 15 is 0 Å². The molecule has 3 N–H and O–H groups in total. The highest BCUT2D eigenvalue weighted by Crippen LogP contribution is 2.62. The highest BCUT2D eigenvalue weighted by Gasteiger charge is 2.65. The summed E-state index contributed by atoms with van der Waals surface area (Å²) in [7, 11) is 0. The summed E-state index contributed by atoms with van der Waals surface area (Å²) in [4.78, 5) is 23.0.